The predicted octanol–water partition coefficient (Wildman–Crippen LogP) is 0.709. The molecule has 16 heavy (non-hydrogen) atoms. The molecule has 0 aliphatic carbocycles. The molecule has 0 radical (unpaired) electrons. The first-order chi connectivity index (χ1) is 7.43. The normalized spacial score (nSPS) is 10.8. The van der Waals surface area contributed by atoms with Crippen molar-refractivity contribution in [3.8, 4) is 0 Å². The highest BCUT2D eigenvalue weighted by molar-refractivity contribution is 5.75. The summed E-state index contributed by atoms with van der Waals surface area (Å²) in [5.74, 6) is 0.0317. The highest BCUT2D eigenvalue weighted by Crippen LogP contribution is 2.00. The first-order valence-electron chi connectivity index (χ1n) is 5.41. The van der Waals surface area contributed by atoms with E-state index >= 15 is 0 Å². The van der Waals surface area contributed by atoms with Crippen molar-refractivity contribution in [3.05, 3.63) is 22.9 Å². The second-order valence-corrected chi connectivity index (χ2v) is 4.31. The van der Waals surface area contributed by atoms with Crippen LogP contribution in [0, 0.1) is 0 Å². The lowest BCUT2D eigenvalue weighted by Crippen LogP contribution is -2.28. The molecule has 0 unspecified atom stereocenters. The molecule has 0 N–H and O–H groups in total. The average molecular weight is 225 g/mol. The molecule has 5 heteroatoms. The summed E-state index contributed by atoms with van der Waals surface area (Å²) in [6.07, 6.45) is 3.84. The topological polar surface area (TPSA) is 47.2 Å². The van der Waals surface area contributed by atoms with Gasteiger partial charge in [-0.3, -0.25) is 13.9 Å². The Morgan fingerprint density at radius 3 is 2.44 bits per heavy atom. The molecule has 1 amide bonds. The van der Waals surface area contributed by atoms with Crippen LogP contribution >= 0.6 is 0 Å². The van der Waals surface area contributed by atoms with Crippen LogP contribution in [-0.2, 0) is 11.3 Å². The van der Waals surface area contributed by atoms with Crippen LogP contribution in [0.1, 0.15) is 26.3 Å². The summed E-state index contributed by atoms with van der Waals surface area (Å²) in [6.45, 7) is 4.35. The van der Waals surface area contributed by atoms with Gasteiger partial charge >= 0.3 is 5.69 Å². The minimum atomic E-state index is -0.0541. The number of imidazole rings is 1. The Morgan fingerprint density at radius 1 is 1.38 bits per heavy atom. The quantitative estimate of drug-likeness (QED) is 0.757. The number of rotatable bonds is 4. The molecule has 1 heterocycles. The monoisotopic (exact) mass is 225 g/mol. The van der Waals surface area contributed by atoms with E-state index in [0.29, 0.717) is 13.0 Å². The molecule has 0 atom stereocenters. The Labute approximate surface area is 95.3 Å². The summed E-state index contributed by atoms with van der Waals surface area (Å²) in [5, 5.41) is 0. The SMILES string of the molecule is CC(C)n1ccn(CCC(=O)N(C)C)c1=O. The Morgan fingerprint density at radius 2 is 2.00 bits per heavy atom. The van der Waals surface area contributed by atoms with Crippen molar-refractivity contribution in [1.82, 2.24) is 14.0 Å². The van der Waals surface area contributed by atoms with Gasteiger partial charge in [0.2, 0.25) is 5.91 Å². The van der Waals surface area contributed by atoms with E-state index in [1.165, 1.54) is 4.90 Å². The summed E-state index contributed by atoms with van der Waals surface area (Å²) in [6, 6.07) is 0.151. The first-order valence-corrected chi connectivity index (χ1v) is 5.41. The van der Waals surface area contributed by atoms with Crippen LogP contribution in [0.5, 0.6) is 0 Å². The van der Waals surface area contributed by atoms with Crippen LogP contribution in [0.15, 0.2) is 17.2 Å². The van der Waals surface area contributed by atoms with Gasteiger partial charge in [0.05, 0.1) is 0 Å². The lowest BCUT2D eigenvalue weighted by molar-refractivity contribution is -0.128. The molecule has 0 fully saturated rings. The van der Waals surface area contributed by atoms with E-state index in [0.717, 1.165) is 0 Å². The molecule has 90 valence electrons. The first kappa shape index (κ1) is 12.5. The lowest BCUT2D eigenvalue weighted by atomic mass is 10.4. The second-order valence-electron chi connectivity index (χ2n) is 4.31. The number of amides is 1. The molecule has 0 saturated carbocycles. The smallest absolute Gasteiger partial charge is 0.328 e. The van der Waals surface area contributed by atoms with Crippen LogP contribution in [0.4, 0.5) is 0 Å². The van der Waals surface area contributed by atoms with Gasteiger partial charge in [0.25, 0.3) is 0 Å². The summed E-state index contributed by atoms with van der Waals surface area (Å²) in [5.41, 5.74) is -0.0541. The van der Waals surface area contributed by atoms with Gasteiger partial charge in [0.15, 0.2) is 0 Å². The number of carbonyl (C=O) groups excluding carboxylic acids is 1. The zero-order valence-corrected chi connectivity index (χ0v) is 10.3. The fraction of sp³-hybridized carbons (Fsp3) is 0.636. The van der Waals surface area contributed by atoms with Crippen molar-refractivity contribution in [1.29, 1.82) is 0 Å². The number of carbonyl (C=O) groups is 1. The highest BCUT2D eigenvalue weighted by atomic mass is 16.2. The van der Waals surface area contributed by atoms with E-state index in [2.05, 4.69) is 0 Å². The van der Waals surface area contributed by atoms with Crippen LogP contribution in [0.25, 0.3) is 0 Å². The maximum absolute atomic E-state index is 11.8. The van der Waals surface area contributed by atoms with Gasteiger partial charge in [-0.1, -0.05) is 0 Å². The summed E-state index contributed by atoms with van der Waals surface area (Å²) < 4.78 is 3.22. The molecule has 1 rings (SSSR count). The van der Waals surface area contributed by atoms with Crippen molar-refractivity contribution in [3.63, 3.8) is 0 Å². The zero-order valence-electron chi connectivity index (χ0n) is 10.3. The molecule has 0 spiro atoms. The molecule has 1 aromatic rings. The summed E-state index contributed by atoms with van der Waals surface area (Å²) in [4.78, 5) is 24.7. The molecule has 1 aromatic heterocycles. The Balaban J connectivity index is 2.69. The Kier molecular flexibility index (Phi) is 3.93. The molecule has 0 saturated heterocycles. The number of aryl methyl sites for hydroxylation is 1. The van der Waals surface area contributed by atoms with Crippen molar-refractivity contribution < 1.29 is 4.79 Å². The van der Waals surface area contributed by atoms with E-state index in [-0.39, 0.29) is 17.6 Å². The van der Waals surface area contributed by atoms with Crippen molar-refractivity contribution in [2.24, 2.45) is 0 Å². The fourth-order valence-electron chi connectivity index (χ4n) is 1.43. The van der Waals surface area contributed by atoms with E-state index in [1.807, 2.05) is 13.8 Å². The van der Waals surface area contributed by atoms with Gasteiger partial charge in [-0.15, -0.1) is 0 Å². The third-order valence-corrected chi connectivity index (χ3v) is 2.50. The van der Waals surface area contributed by atoms with Gasteiger partial charge in [0, 0.05) is 45.5 Å². The van der Waals surface area contributed by atoms with Crippen LogP contribution in [0.3, 0.4) is 0 Å². The van der Waals surface area contributed by atoms with E-state index in [9.17, 15) is 9.59 Å². The molecular formula is C11H19N3O2. The predicted molar refractivity (Wildman–Crippen MR) is 62.4 cm³/mol. The van der Waals surface area contributed by atoms with Crippen molar-refractivity contribution >= 4 is 5.91 Å². The molecule has 0 bridgehead atoms. The van der Waals surface area contributed by atoms with Crippen molar-refractivity contribution in [2.45, 2.75) is 32.9 Å². The van der Waals surface area contributed by atoms with E-state index < -0.39 is 0 Å². The van der Waals surface area contributed by atoms with Crippen LogP contribution in [0.2, 0.25) is 0 Å². The summed E-state index contributed by atoms with van der Waals surface area (Å²) in [7, 11) is 3.43. The largest absolute Gasteiger partial charge is 0.349 e. The summed E-state index contributed by atoms with van der Waals surface area (Å²) >= 11 is 0. The molecule has 0 aliphatic rings. The number of nitrogens with zero attached hydrogens (tertiary/aromatic N) is 3. The maximum atomic E-state index is 11.8. The third kappa shape index (κ3) is 2.74. The second kappa shape index (κ2) is 5.01. The van der Waals surface area contributed by atoms with Gasteiger partial charge in [-0.25, -0.2) is 4.79 Å². The molecule has 5 nitrogen and oxygen atoms in total. The zero-order chi connectivity index (χ0) is 12.3. The average Bonchev–Trinajstić information content (AvgIpc) is 2.56. The Hall–Kier alpha value is -1.52. The molecular weight excluding hydrogens is 206 g/mol. The maximum Gasteiger partial charge on any atom is 0.328 e. The number of hydrogen-bond acceptors (Lipinski definition) is 2. The van der Waals surface area contributed by atoms with Crippen LogP contribution in [-0.4, -0.2) is 34.0 Å². The van der Waals surface area contributed by atoms with Gasteiger partial charge in [-0.05, 0) is 13.8 Å². The Bertz CT molecular complexity index is 415. The number of hydrogen-bond donors (Lipinski definition) is 0. The van der Waals surface area contributed by atoms with Gasteiger partial charge < -0.3 is 4.90 Å². The third-order valence-electron chi connectivity index (χ3n) is 2.50. The molecule has 0 aliphatic heterocycles. The minimum Gasteiger partial charge on any atom is -0.349 e. The fourth-order valence-corrected chi connectivity index (χ4v) is 1.43. The van der Waals surface area contributed by atoms with Gasteiger partial charge in [0.1, 0.15) is 0 Å². The highest BCUT2D eigenvalue weighted by Gasteiger charge is 2.08. The molecule has 0 aromatic carbocycles. The van der Waals surface area contributed by atoms with Gasteiger partial charge in [-0.2, -0.15) is 0 Å². The van der Waals surface area contributed by atoms with E-state index in [4.69, 9.17) is 0 Å². The minimum absolute atomic E-state index is 0.0317. The standard InChI is InChI=1S/C11H19N3O2/c1-9(2)14-8-7-13(11(14)16)6-5-10(15)12(3)4/h7-9H,5-6H2,1-4H3. The van der Waals surface area contributed by atoms with Crippen LogP contribution < -0.4 is 5.69 Å². The van der Waals surface area contributed by atoms with Crippen molar-refractivity contribution in [2.75, 3.05) is 14.1 Å². The lowest BCUT2D eigenvalue weighted by Gasteiger charge is -2.10. The number of aromatic nitrogens is 2. The van der Waals surface area contributed by atoms with E-state index in [1.54, 1.807) is 35.6 Å².